The number of benzene rings is 1. The number of carbonyl (C=O) groups is 1. The summed E-state index contributed by atoms with van der Waals surface area (Å²) < 4.78 is 0. The maximum atomic E-state index is 12.0. The lowest BCUT2D eigenvalue weighted by molar-refractivity contribution is -0.0843. The number of carbonyl (C=O) groups excluding carboxylic acids is 1. The van der Waals surface area contributed by atoms with Gasteiger partial charge in [0.15, 0.2) is 6.17 Å². The largest absolute Gasteiger partial charge is 0.358 e. The molecule has 17 heavy (non-hydrogen) atoms. The number of nitrogens with zero attached hydrogens (tertiary/aromatic N) is 1. The fourth-order valence-electron chi connectivity index (χ4n) is 1.88. The van der Waals surface area contributed by atoms with Crippen molar-refractivity contribution in [3.05, 3.63) is 52.2 Å². The van der Waals surface area contributed by atoms with Gasteiger partial charge in [0, 0.05) is 10.6 Å². The van der Waals surface area contributed by atoms with Crippen LogP contribution in [0.3, 0.4) is 0 Å². The highest BCUT2D eigenvalue weighted by Gasteiger charge is 2.32. The zero-order chi connectivity index (χ0) is 11.8. The molecule has 2 aromatic rings. The second kappa shape index (κ2) is 3.87. The molecule has 0 radical (unpaired) electrons. The average molecular weight is 246 g/mol. The Morgan fingerprint density at radius 2 is 2.06 bits per heavy atom. The zero-order valence-corrected chi connectivity index (χ0v) is 9.65. The Kier molecular flexibility index (Phi) is 2.35. The fourth-order valence-corrected chi connectivity index (χ4v) is 2.64. The van der Waals surface area contributed by atoms with Crippen molar-refractivity contribution in [2.75, 3.05) is 5.32 Å². The van der Waals surface area contributed by atoms with Crippen LogP contribution >= 0.6 is 11.3 Å². The molecule has 3 rings (SSSR count). The lowest BCUT2D eigenvalue weighted by Gasteiger charge is -2.32. The molecular formula is C12H10N2O2S. The Morgan fingerprint density at radius 1 is 1.24 bits per heavy atom. The van der Waals surface area contributed by atoms with E-state index in [1.54, 1.807) is 12.1 Å². The van der Waals surface area contributed by atoms with Crippen LogP contribution in [-0.4, -0.2) is 16.2 Å². The number of thiophene rings is 1. The van der Waals surface area contributed by atoms with E-state index in [0.717, 1.165) is 15.6 Å². The molecule has 1 amide bonds. The first-order chi connectivity index (χ1) is 8.27. The number of hydrogen-bond acceptors (Lipinski definition) is 4. The topological polar surface area (TPSA) is 52.6 Å². The molecule has 5 heteroatoms. The number of anilines is 1. The van der Waals surface area contributed by atoms with Crippen LogP contribution in [0.15, 0.2) is 41.8 Å². The average Bonchev–Trinajstić information content (AvgIpc) is 2.87. The van der Waals surface area contributed by atoms with Gasteiger partial charge in [-0.1, -0.05) is 18.2 Å². The number of amides is 1. The minimum atomic E-state index is -0.502. The highest BCUT2D eigenvalue weighted by molar-refractivity contribution is 7.10. The van der Waals surface area contributed by atoms with Crippen molar-refractivity contribution in [1.29, 1.82) is 0 Å². The van der Waals surface area contributed by atoms with Crippen molar-refractivity contribution < 1.29 is 10.0 Å². The van der Waals surface area contributed by atoms with Crippen LogP contribution in [0.1, 0.15) is 21.4 Å². The van der Waals surface area contributed by atoms with Gasteiger partial charge in [0.05, 0.1) is 5.56 Å². The molecule has 0 bridgehead atoms. The molecule has 0 saturated carbocycles. The van der Waals surface area contributed by atoms with Gasteiger partial charge in [0.2, 0.25) is 0 Å². The minimum absolute atomic E-state index is 0.377. The third-order valence-corrected chi connectivity index (χ3v) is 3.64. The van der Waals surface area contributed by atoms with Crippen LogP contribution in [0.2, 0.25) is 0 Å². The van der Waals surface area contributed by atoms with E-state index in [-0.39, 0.29) is 5.91 Å². The van der Waals surface area contributed by atoms with E-state index in [9.17, 15) is 10.0 Å². The van der Waals surface area contributed by atoms with Gasteiger partial charge in [-0.3, -0.25) is 10.0 Å². The molecule has 1 aliphatic rings. The molecule has 1 aromatic heterocycles. The van der Waals surface area contributed by atoms with Crippen LogP contribution in [0, 0.1) is 0 Å². The molecule has 0 spiro atoms. The number of fused-ring (bicyclic) bond motifs is 1. The van der Waals surface area contributed by atoms with Gasteiger partial charge in [-0.05, 0) is 23.6 Å². The SMILES string of the molecule is O=C1c2ccccc2N[C@@H](c2cccs2)N1O. The maximum absolute atomic E-state index is 12.0. The third kappa shape index (κ3) is 1.60. The molecule has 0 unspecified atom stereocenters. The quantitative estimate of drug-likeness (QED) is 0.761. The Balaban J connectivity index is 2.05. The van der Waals surface area contributed by atoms with Crippen LogP contribution in [0.4, 0.5) is 5.69 Å². The van der Waals surface area contributed by atoms with E-state index >= 15 is 0 Å². The van der Waals surface area contributed by atoms with E-state index in [2.05, 4.69) is 5.32 Å². The van der Waals surface area contributed by atoms with Gasteiger partial charge < -0.3 is 5.32 Å². The van der Waals surface area contributed by atoms with Crippen LogP contribution in [0.25, 0.3) is 0 Å². The molecule has 0 saturated heterocycles. The highest BCUT2D eigenvalue weighted by Crippen LogP contribution is 2.33. The van der Waals surface area contributed by atoms with Crippen molar-refractivity contribution in [3.63, 3.8) is 0 Å². The van der Waals surface area contributed by atoms with E-state index in [1.165, 1.54) is 11.3 Å². The molecule has 4 nitrogen and oxygen atoms in total. The second-order valence-corrected chi connectivity index (χ2v) is 4.74. The molecule has 2 heterocycles. The Labute approximate surface area is 102 Å². The predicted molar refractivity (Wildman–Crippen MR) is 65.1 cm³/mol. The van der Waals surface area contributed by atoms with Crippen LogP contribution in [0.5, 0.6) is 0 Å². The first-order valence-corrected chi connectivity index (χ1v) is 6.07. The van der Waals surface area contributed by atoms with Crippen LogP contribution < -0.4 is 5.32 Å². The van der Waals surface area contributed by atoms with E-state index in [0.29, 0.717) is 5.56 Å². The van der Waals surface area contributed by atoms with Crippen LogP contribution in [-0.2, 0) is 0 Å². The lowest BCUT2D eigenvalue weighted by Crippen LogP contribution is -2.40. The van der Waals surface area contributed by atoms with Gasteiger partial charge in [-0.2, -0.15) is 5.06 Å². The fraction of sp³-hybridized carbons (Fsp3) is 0.0833. The Bertz CT molecular complexity index is 553. The summed E-state index contributed by atoms with van der Waals surface area (Å²) in [4.78, 5) is 12.9. The van der Waals surface area contributed by atoms with Gasteiger partial charge in [-0.15, -0.1) is 11.3 Å². The molecule has 0 aliphatic carbocycles. The second-order valence-electron chi connectivity index (χ2n) is 3.76. The number of hydrogen-bond donors (Lipinski definition) is 2. The monoisotopic (exact) mass is 246 g/mol. The molecule has 86 valence electrons. The predicted octanol–water partition coefficient (Wildman–Crippen LogP) is 2.70. The highest BCUT2D eigenvalue weighted by atomic mass is 32.1. The summed E-state index contributed by atoms with van der Waals surface area (Å²) in [5, 5.41) is 15.7. The van der Waals surface area contributed by atoms with E-state index in [1.807, 2.05) is 29.6 Å². The minimum Gasteiger partial charge on any atom is -0.358 e. The number of rotatable bonds is 1. The summed E-state index contributed by atoms with van der Waals surface area (Å²) in [6, 6.07) is 10.9. The number of para-hydroxylation sites is 1. The van der Waals surface area contributed by atoms with Crippen molar-refractivity contribution in [3.8, 4) is 0 Å². The van der Waals surface area contributed by atoms with Gasteiger partial charge in [0.1, 0.15) is 0 Å². The molecule has 1 aromatic carbocycles. The standard InChI is InChI=1S/C12H10N2O2S/c15-12-8-4-1-2-5-9(8)13-11(14(12)16)10-6-3-7-17-10/h1-7,11,13,16H/t11-/m1/s1. The Morgan fingerprint density at radius 3 is 2.82 bits per heavy atom. The zero-order valence-electron chi connectivity index (χ0n) is 8.83. The maximum Gasteiger partial charge on any atom is 0.281 e. The molecule has 1 aliphatic heterocycles. The summed E-state index contributed by atoms with van der Waals surface area (Å²) in [5.74, 6) is -0.377. The van der Waals surface area contributed by atoms with Crippen molar-refractivity contribution in [2.24, 2.45) is 0 Å². The first-order valence-electron chi connectivity index (χ1n) is 5.19. The van der Waals surface area contributed by atoms with Crippen molar-refractivity contribution >= 4 is 22.9 Å². The summed E-state index contributed by atoms with van der Waals surface area (Å²) in [6.45, 7) is 0. The van der Waals surface area contributed by atoms with E-state index < -0.39 is 6.17 Å². The smallest absolute Gasteiger partial charge is 0.281 e. The first kappa shape index (κ1) is 10.3. The molecule has 2 N–H and O–H groups in total. The molecule has 0 fully saturated rings. The summed E-state index contributed by atoms with van der Waals surface area (Å²) in [6.07, 6.45) is -0.502. The van der Waals surface area contributed by atoms with Gasteiger partial charge >= 0.3 is 0 Å². The van der Waals surface area contributed by atoms with Crippen molar-refractivity contribution in [1.82, 2.24) is 5.06 Å². The van der Waals surface area contributed by atoms with Crippen molar-refractivity contribution in [2.45, 2.75) is 6.17 Å². The number of nitrogens with one attached hydrogen (secondary N) is 1. The summed E-state index contributed by atoms with van der Waals surface area (Å²) in [7, 11) is 0. The molecular weight excluding hydrogens is 236 g/mol. The lowest BCUT2D eigenvalue weighted by atomic mass is 10.1. The Hall–Kier alpha value is -1.85. The van der Waals surface area contributed by atoms with E-state index in [4.69, 9.17) is 0 Å². The molecule has 1 atom stereocenters. The number of hydroxylamine groups is 2. The third-order valence-electron chi connectivity index (χ3n) is 2.72. The summed E-state index contributed by atoms with van der Waals surface area (Å²) in [5.41, 5.74) is 1.24. The van der Waals surface area contributed by atoms with Gasteiger partial charge in [-0.25, -0.2) is 0 Å². The normalized spacial score (nSPS) is 18.8. The van der Waals surface area contributed by atoms with Gasteiger partial charge in [0.25, 0.3) is 5.91 Å². The summed E-state index contributed by atoms with van der Waals surface area (Å²) >= 11 is 1.49.